The molecule has 0 saturated heterocycles. The van der Waals surface area contributed by atoms with Gasteiger partial charge in [0.05, 0.1) is 24.5 Å². The maximum absolute atomic E-state index is 12.4. The molecular formula is C14H15N5O2. The summed E-state index contributed by atoms with van der Waals surface area (Å²) in [5.41, 5.74) is 12.7. The third-order valence-corrected chi connectivity index (χ3v) is 2.79. The molecule has 108 valence electrons. The maximum atomic E-state index is 12.4. The topological polar surface area (TPSA) is 115 Å². The summed E-state index contributed by atoms with van der Waals surface area (Å²) in [4.78, 5) is 24.9. The van der Waals surface area contributed by atoms with Crippen LogP contribution >= 0.6 is 0 Å². The van der Waals surface area contributed by atoms with Gasteiger partial charge in [0, 0.05) is 12.2 Å². The first kappa shape index (κ1) is 14.4. The molecule has 0 aliphatic rings. The molecule has 1 heterocycles. The molecular weight excluding hydrogens is 270 g/mol. The Hall–Kier alpha value is -2.96. The standard InChI is InChI=1S/C14H15N5O2/c15-12-3-1-2-10(6-12)8-19(9-13(16)20)14(21)11-4-5-17-18-7-11/h1-7H,8-9,15H2,(H2,16,20). The van der Waals surface area contributed by atoms with Crippen LogP contribution in [0.4, 0.5) is 5.69 Å². The van der Waals surface area contributed by atoms with Crippen molar-refractivity contribution < 1.29 is 9.59 Å². The van der Waals surface area contributed by atoms with Crippen LogP contribution in [-0.2, 0) is 11.3 Å². The largest absolute Gasteiger partial charge is 0.399 e. The van der Waals surface area contributed by atoms with Gasteiger partial charge in [0.1, 0.15) is 0 Å². The highest BCUT2D eigenvalue weighted by atomic mass is 16.2. The number of nitrogen functional groups attached to an aromatic ring is 1. The van der Waals surface area contributed by atoms with Gasteiger partial charge in [-0.05, 0) is 23.8 Å². The van der Waals surface area contributed by atoms with Crippen molar-refractivity contribution >= 4 is 17.5 Å². The number of primary amides is 1. The van der Waals surface area contributed by atoms with Crippen LogP contribution in [0.2, 0.25) is 0 Å². The van der Waals surface area contributed by atoms with Crippen molar-refractivity contribution in [2.24, 2.45) is 5.73 Å². The number of carbonyl (C=O) groups excluding carboxylic acids is 2. The van der Waals surface area contributed by atoms with Crippen molar-refractivity contribution in [1.29, 1.82) is 0 Å². The Kier molecular flexibility index (Phi) is 4.45. The van der Waals surface area contributed by atoms with Gasteiger partial charge < -0.3 is 16.4 Å². The summed E-state index contributed by atoms with van der Waals surface area (Å²) >= 11 is 0. The van der Waals surface area contributed by atoms with E-state index in [2.05, 4.69) is 10.2 Å². The number of aromatic nitrogens is 2. The van der Waals surface area contributed by atoms with Crippen LogP contribution < -0.4 is 11.5 Å². The number of amides is 2. The number of hydrogen-bond donors (Lipinski definition) is 2. The molecule has 21 heavy (non-hydrogen) atoms. The molecule has 0 fully saturated rings. The maximum Gasteiger partial charge on any atom is 0.256 e. The van der Waals surface area contributed by atoms with Crippen molar-refractivity contribution in [2.45, 2.75) is 6.54 Å². The second-order valence-electron chi connectivity index (χ2n) is 4.50. The Bertz CT molecular complexity index is 645. The van der Waals surface area contributed by atoms with Crippen molar-refractivity contribution in [1.82, 2.24) is 15.1 Å². The smallest absolute Gasteiger partial charge is 0.256 e. The van der Waals surface area contributed by atoms with Crippen LogP contribution in [0.25, 0.3) is 0 Å². The van der Waals surface area contributed by atoms with Gasteiger partial charge in [-0.3, -0.25) is 9.59 Å². The average molecular weight is 285 g/mol. The fourth-order valence-corrected chi connectivity index (χ4v) is 1.90. The number of nitrogens with two attached hydrogens (primary N) is 2. The average Bonchev–Trinajstić information content (AvgIpc) is 2.46. The fourth-order valence-electron chi connectivity index (χ4n) is 1.90. The molecule has 1 aromatic carbocycles. The molecule has 2 aromatic rings. The lowest BCUT2D eigenvalue weighted by atomic mass is 10.1. The number of anilines is 1. The van der Waals surface area contributed by atoms with Crippen molar-refractivity contribution in [3.05, 3.63) is 53.9 Å². The van der Waals surface area contributed by atoms with E-state index in [0.717, 1.165) is 5.56 Å². The molecule has 0 unspecified atom stereocenters. The van der Waals surface area contributed by atoms with Gasteiger partial charge >= 0.3 is 0 Å². The monoisotopic (exact) mass is 285 g/mol. The van der Waals surface area contributed by atoms with Crippen LogP contribution in [0.5, 0.6) is 0 Å². The lowest BCUT2D eigenvalue weighted by molar-refractivity contribution is -0.118. The second kappa shape index (κ2) is 6.47. The number of hydrogen-bond acceptors (Lipinski definition) is 5. The van der Waals surface area contributed by atoms with E-state index in [1.807, 2.05) is 6.07 Å². The Balaban J connectivity index is 2.22. The highest BCUT2D eigenvalue weighted by molar-refractivity contribution is 5.95. The van der Waals surface area contributed by atoms with E-state index >= 15 is 0 Å². The molecule has 7 nitrogen and oxygen atoms in total. The second-order valence-corrected chi connectivity index (χ2v) is 4.50. The lowest BCUT2D eigenvalue weighted by Crippen LogP contribution is -2.38. The van der Waals surface area contributed by atoms with E-state index in [0.29, 0.717) is 11.3 Å². The van der Waals surface area contributed by atoms with Gasteiger partial charge in [-0.1, -0.05) is 12.1 Å². The normalized spacial score (nSPS) is 10.1. The summed E-state index contributed by atoms with van der Waals surface area (Å²) in [7, 11) is 0. The quantitative estimate of drug-likeness (QED) is 0.761. The summed E-state index contributed by atoms with van der Waals surface area (Å²) in [6.45, 7) is 0.0467. The zero-order valence-corrected chi connectivity index (χ0v) is 11.3. The van der Waals surface area contributed by atoms with Gasteiger partial charge in [0.15, 0.2) is 0 Å². The Labute approximate surface area is 121 Å². The van der Waals surface area contributed by atoms with E-state index in [4.69, 9.17) is 11.5 Å². The number of nitrogens with zero attached hydrogens (tertiary/aromatic N) is 3. The van der Waals surface area contributed by atoms with Gasteiger partial charge in [-0.15, -0.1) is 0 Å². The van der Waals surface area contributed by atoms with Gasteiger partial charge in [-0.2, -0.15) is 10.2 Å². The Morgan fingerprint density at radius 2 is 2.00 bits per heavy atom. The SMILES string of the molecule is NC(=O)CN(Cc1cccc(N)c1)C(=O)c1ccnnc1. The van der Waals surface area contributed by atoms with E-state index in [9.17, 15) is 9.59 Å². The minimum atomic E-state index is -0.589. The predicted octanol–water partition coefficient (Wildman–Crippen LogP) is 0.186. The summed E-state index contributed by atoms with van der Waals surface area (Å²) in [5, 5.41) is 7.27. The minimum Gasteiger partial charge on any atom is -0.399 e. The number of benzene rings is 1. The number of rotatable bonds is 5. The Morgan fingerprint density at radius 3 is 2.62 bits per heavy atom. The summed E-state index contributed by atoms with van der Waals surface area (Å²) in [5.74, 6) is -0.930. The molecule has 0 aliphatic heterocycles. The number of carbonyl (C=O) groups is 2. The Morgan fingerprint density at radius 1 is 1.19 bits per heavy atom. The zero-order valence-electron chi connectivity index (χ0n) is 11.3. The van der Waals surface area contributed by atoms with Gasteiger partial charge in [0.2, 0.25) is 5.91 Å². The third kappa shape index (κ3) is 4.00. The van der Waals surface area contributed by atoms with E-state index in [1.165, 1.54) is 23.4 Å². The molecule has 2 rings (SSSR count). The molecule has 0 atom stereocenters. The van der Waals surface area contributed by atoms with Crippen molar-refractivity contribution in [3.8, 4) is 0 Å². The molecule has 0 radical (unpaired) electrons. The molecule has 2 amide bonds. The summed E-state index contributed by atoms with van der Waals surface area (Å²) in [6, 6.07) is 8.62. The molecule has 7 heteroatoms. The predicted molar refractivity (Wildman–Crippen MR) is 76.8 cm³/mol. The lowest BCUT2D eigenvalue weighted by Gasteiger charge is -2.21. The fraction of sp³-hybridized carbons (Fsp3) is 0.143. The van der Waals surface area contributed by atoms with E-state index < -0.39 is 5.91 Å². The molecule has 0 saturated carbocycles. The highest BCUT2D eigenvalue weighted by Gasteiger charge is 2.18. The van der Waals surface area contributed by atoms with Crippen LogP contribution in [-0.4, -0.2) is 33.5 Å². The molecule has 0 spiro atoms. The highest BCUT2D eigenvalue weighted by Crippen LogP contribution is 2.12. The van der Waals surface area contributed by atoms with Crippen LogP contribution in [0.1, 0.15) is 15.9 Å². The van der Waals surface area contributed by atoms with Gasteiger partial charge in [-0.25, -0.2) is 0 Å². The first-order valence-corrected chi connectivity index (χ1v) is 6.25. The first-order chi connectivity index (χ1) is 10.1. The zero-order chi connectivity index (χ0) is 15.2. The molecule has 0 aliphatic carbocycles. The van der Waals surface area contributed by atoms with Gasteiger partial charge in [0.25, 0.3) is 5.91 Å². The van der Waals surface area contributed by atoms with Crippen LogP contribution in [0.3, 0.4) is 0 Å². The molecule has 4 N–H and O–H groups in total. The van der Waals surface area contributed by atoms with Crippen molar-refractivity contribution in [2.75, 3.05) is 12.3 Å². The molecule has 0 bridgehead atoms. The van der Waals surface area contributed by atoms with E-state index in [1.54, 1.807) is 18.2 Å². The van der Waals surface area contributed by atoms with Crippen LogP contribution in [0, 0.1) is 0 Å². The van der Waals surface area contributed by atoms with Crippen LogP contribution in [0.15, 0.2) is 42.7 Å². The summed E-state index contributed by atoms with van der Waals surface area (Å²) in [6.07, 6.45) is 2.76. The molecule has 1 aromatic heterocycles. The third-order valence-electron chi connectivity index (χ3n) is 2.79. The van der Waals surface area contributed by atoms with Crippen molar-refractivity contribution in [3.63, 3.8) is 0 Å². The first-order valence-electron chi connectivity index (χ1n) is 6.25. The minimum absolute atomic E-state index is 0.185. The summed E-state index contributed by atoms with van der Waals surface area (Å²) < 4.78 is 0. The van der Waals surface area contributed by atoms with E-state index in [-0.39, 0.29) is 19.0 Å².